The lowest BCUT2D eigenvalue weighted by atomic mass is 10.1. The van der Waals surface area contributed by atoms with Gasteiger partial charge in [-0.15, -0.1) is 0 Å². The van der Waals surface area contributed by atoms with Crippen molar-refractivity contribution >= 4 is 34.2 Å². The first-order valence-corrected chi connectivity index (χ1v) is 9.11. The highest BCUT2D eigenvalue weighted by atomic mass is 35.5. The topological polar surface area (TPSA) is 49.3 Å². The monoisotopic (exact) mass is 384 g/mol. The summed E-state index contributed by atoms with van der Waals surface area (Å²) in [6.07, 6.45) is 1.57. The molecule has 0 spiro atoms. The van der Waals surface area contributed by atoms with Gasteiger partial charge in [-0.3, -0.25) is 4.79 Å². The molecule has 4 rings (SSSR count). The third-order valence-corrected chi connectivity index (χ3v) is 5.11. The maximum Gasteiger partial charge on any atom is 0.255 e. The van der Waals surface area contributed by atoms with Crippen LogP contribution in [0.25, 0.3) is 10.9 Å². The summed E-state index contributed by atoms with van der Waals surface area (Å²) >= 11 is 6.03. The van der Waals surface area contributed by atoms with Crippen LogP contribution >= 0.6 is 11.6 Å². The van der Waals surface area contributed by atoms with Crippen LogP contribution in [0.3, 0.4) is 0 Å². The lowest BCUT2D eigenvalue weighted by Gasteiger charge is -2.36. The van der Waals surface area contributed by atoms with E-state index >= 15 is 0 Å². The summed E-state index contributed by atoms with van der Waals surface area (Å²) in [6.45, 7) is 4.45. The van der Waals surface area contributed by atoms with Gasteiger partial charge < -0.3 is 9.80 Å². The Bertz CT molecular complexity index is 1020. The van der Waals surface area contributed by atoms with Crippen molar-refractivity contribution in [3.8, 4) is 0 Å². The fourth-order valence-electron chi connectivity index (χ4n) is 3.36. The molecule has 0 bridgehead atoms. The molecule has 3 aromatic rings. The van der Waals surface area contributed by atoms with Crippen LogP contribution in [-0.4, -0.2) is 47.0 Å². The first-order chi connectivity index (χ1) is 13.0. The number of halogens is 2. The number of anilines is 1. The van der Waals surface area contributed by atoms with Crippen molar-refractivity contribution in [2.45, 2.75) is 6.92 Å². The molecule has 2 aromatic carbocycles. The van der Waals surface area contributed by atoms with Crippen molar-refractivity contribution in [2.24, 2.45) is 0 Å². The number of aryl methyl sites for hydroxylation is 1. The minimum atomic E-state index is -0.452. The van der Waals surface area contributed by atoms with Crippen LogP contribution in [0.15, 0.2) is 42.7 Å². The average Bonchev–Trinajstić information content (AvgIpc) is 2.67. The highest BCUT2D eigenvalue weighted by Crippen LogP contribution is 2.26. The maximum absolute atomic E-state index is 13.2. The maximum atomic E-state index is 13.2. The molecule has 2 heterocycles. The van der Waals surface area contributed by atoms with Crippen LogP contribution < -0.4 is 4.90 Å². The average molecular weight is 385 g/mol. The molecule has 1 fully saturated rings. The Hall–Kier alpha value is -2.73. The van der Waals surface area contributed by atoms with E-state index in [1.165, 1.54) is 18.2 Å². The number of fused-ring (bicyclic) bond motifs is 1. The second-order valence-electron chi connectivity index (χ2n) is 6.62. The van der Waals surface area contributed by atoms with Crippen molar-refractivity contribution in [1.29, 1.82) is 0 Å². The van der Waals surface area contributed by atoms with E-state index in [2.05, 4.69) is 20.9 Å². The lowest BCUT2D eigenvalue weighted by Crippen LogP contribution is -2.49. The van der Waals surface area contributed by atoms with E-state index in [4.69, 9.17) is 11.6 Å². The van der Waals surface area contributed by atoms with Crippen molar-refractivity contribution in [3.63, 3.8) is 0 Å². The van der Waals surface area contributed by atoms with Gasteiger partial charge >= 0.3 is 0 Å². The lowest BCUT2D eigenvalue weighted by molar-refractivity contribution is 0.0746. The summed E-state index contributed by atoms with van der Waals surface area (Å²) in [5.74, 6) is 0.256. The van der Waals surface area contributed by atoms with Gasteiger partial charge in [-0.05, 0) is 37.3 Å². The summed E-state index contributed by atoms with van der Waals surface area (Å²) in [5, 5.41) is 1.15. The number of carbonyl (C=O) groups is 1. The summed E-state index contributed by atoms with van der Waals surface area (Å²) in [5.41, 5.74) is 2.38. The van der Waals surface area contributed by atoms with Crippen LogP contribution in [-0.2, 0) is 0 Å². The molecule has 0 N–H and O–H groups in total. The summed E-state index contributed by atoms with van der Waals surface area (Å²) < 4.78 is 13.2. The van der Waals surface area contributed by atoms with E-state index in [1.807, 2.05) is 19.1 Å². The fourth-order valence-corrected chi connectivity index (χ4v) is 3.61. The van der Waals surface area contributed by atoms with Gasteiger partial charge in [0, 0.05) is 31.6 Å². The van der Waals surface area contributed by atoms with E-state index in [1.54, 1.807) is 11.2 Å². The molecule has 7 heteroatoms. The van der Waals surface area contributed by atoms with Gasteiger partial charge in [0.1, 0.15) is 18.0 Å². The third kappa shape index (κ3) is 3.45. The molecule has 5 nitrogen and oxygen atoms in total. The second-order valence-corrected chi connectivity index (χ2v) is 7.03. The van der Waals surface area contributed by atoms with Gasteiger partial charge in [0.15, 0.2) is 0 Å². The highest BCUT2D eigenvalue weighted by molar-refractivity contribution is 6.33. The Balaban J connectivity index is 1.52. The molecule has 1 aliphatic heterocycles. The van der Waals surface area contributed by atoms with Gasteiger partial charge in [-0.1, -0.05) is 23.2 Å². The number of rotatable bonds is 2. The zero-order chi connectivity index (χ0) is 19.0. The molecule has 0 aliphatic carbocycles. The molecule has 0 saturated carbocycles. The van der Waals surface area contributed by atoms with E-state index < -0.39 is 5.82 Å². The smallest absolute Gasteiger partial charge is 0.255 e. The number of nitrogens with zero attached hydrogens (tertiary/aromatic N) is 4. The standard InChI is InChI=1S/C20H18ClFN4O/c1-13-2-5-18-16(10-13)19(24-12-23-18)25-6-8-26(9-7-25)20(27)15-4-3-14(22)11-17(15)21/h2-5,10-12H,6-9H2,1H3. The predicted molar refractivity (Wildman–Crippen MR) is 104 cm³/mol. The van der Waals surface area contributed by atoms with Gasteiger partial charge in [0.05, 0.1) is 16.1 Å². The number of aromatic nitrogens is 2. The molecular weight excluding hydrogens is 367 g/mol. The van der Waals surface area contributed by atoms with Crippen molar-refractivity contribution < 1.29 is 9.18 Å². The molecule has 0 atom stereocenters. The first-order valence-electron chi connectivity index (χ1n) is 8.73. The summed E-state index contributed by atoms with van der Waals surface area (Å²) in [6, 6.07) is 9.97. The molecule has 138 valence electrons. The number of carbonyl (C=O) groups excluding carboxylic acids is 1. The molecule has 1 amide bonds. The van der Waals surface area contributed by atoms with E-state index in [0.29, 0.717) is 31.7 Å². The Morgan fingerprint density at radius 2 is 1.85 bits per heavy atom. The molecule has 27 heavy (non-hydrogen) atoms. The van der Waals surface area contributed by atoms with Crippen LogP contribution in [0.1, 0.15) is 15.9 Å². The van der Waals surface area contributed by atoms with Crippen LogP contribution in [0.4, 0.5) is 10.2 Å². The fraction of sp³-hybridized carbons (Fsp3) is 0.250. The van der Waals surface area contributed by atoms with Gasteiger partial charge in [0.25, 0.3) is 5.91 Å². The molecular formula is C20H18ClFN4O. The van der Waals surface area contributed by atoms with Crippen LogP contribution in [0.5, 0.6) is 0 Å². The van der Waals surface area contributed by atoms with E-state index in [0.717, 1.165) is 22.3 Å². The normalized spacial score (nSPS) is 14.6. The first kappa shape index (κ1) is 17.7. The van der Waals surface area contributed by atoms with Gasteiger partial charge in [-0.25, -0.2) is 14.4 Å². The van der Waals surface area contributed by atoms with Crippen molar-refractivity contribution in [3.05, 3.63) is 64.7 Å². The number of amides is 1. The summed E-state index contributed by atoms with van der Waals surface area (Å²) in [7, 11) is 0. The van der Waals surface area contributed by atoms with Gasteiger partial charge in [-0.2, -0.15) is 0 Å². The largest absolute Gasteiger partial charge is 0.352 e. The summed E-state index contributed by atoms with van der Waals surface area (Å²) in [4.78, 5) is 25.4. The zero-order valence-corrected chi connectivity index (χ0v) is 15.6. The number of benzene rings is 2. The van der Waals surface area contributed by atoms with Crippen LogP contribution in [0, 0.1) is 12.7 Å². The number of hydrogen-bond acceptors (Lipinski definition) is 4. The number of piperazine rings is 1. The second kappa shape index (κ2) is 7.12. The molecule has 0 radical (unpaired) electrons. The molecule has 1 aliphatic rings. The SMILES string of the molecule is Cc1ccc2ncnc(N3CCN(C(=O)c4ccc(F)cc4Cl)CC3)c2c1. The Morgan fingerprint density at radius 1 is 1.07 bits per heavy atom. The quantitative estimate of drug-likeness (QED) is 0.676. The van der Waals surface area contributed by atoms with Crippen LogP contribution in [0.2, 0.25) is 5.02 Å². The van der Waals surface area contributed by atoms with Gasteiger partial charge in [0.2, 0.25) is 0 Å². The number of hydrogen-bond donors (Lipinski definition) is 0. The minimum absolute atomic E-state index is 0.139. The minimum Gasteiger partial charge on any atom is -0.352 e. The molecule has 1 saturated heterocycles. The third-order valence-electron chi connectivity index (χ3n) is 4.80. The van der Waals surface area contributed by atoms with E-state index in [-0.39, 0.29) is 10.9 Å². The Kier molecular flexibility index (Phi) is 4.66. The predicted octanol–water partition coefficient (Wildman–Crippen LogP) is 3.69. The molecule has 0 unspecified atom stereocenters. The van der Waals surface area contributed by atoms with Crippen molar-refractivity contribution in [2.75, 3.05) is 31.1 Å². The Labute approximate surface area is 161 Å². The highest BCUT2D eigenvalue weighted by Gasteiger charge is 2.25. The van der Waals surface area contributed by atoms with Crippen molar-refractivity contribution in [1.82, 2.24) is 14.9 Å². The van der Waals surface area contributed by atoms with E-state index in [9.17, 15) is 9.18 Å². The molecule has 1 aromatic heterocycles. The zero-order valence-electron chi connectivity index (χ0n) is 14.8. The Morgan fingerprint density at radius 3 is 2.59 bits per heavy atom.